The molecular formula is C30H30BrClN4O3S. The van der Waals surface area contributed by atoms with Crippen molar-refractivity contribution in [1.82, 2.24) is 10.2 Å². The van der Waals surface area contributed by atoms with Crippen molar-refractivity contribution in [3.63, 3.8) is 0 Å². The molecule has 2 amide bonds. The summed E-state index contributed by atoms with van der Waals surface area (Å²) in [5.74, 6) is 0.346. The number of fused-ring (bicyclic) bond motifs is 1. The maximum atomic E-state index is 13.5. The lowest BCUT2D eigenvalue weighted by Gasteiger charge is -2.36. The maximum Gasteiger partial charge on any atom is 0.265 e. The number of carbonyl (C=O) groups is 2. The van der Waals surface area contributed by atoms with E-state index in [-0.39, 0.29) is 18.4 Å². The van der Waals surface area contributed by atoms with Crippen LogP contribution < -0.4 is 19.9 Å². The van der Waals surface area contributed by atoms with Gasteiger partial charge in [0.25, 0.3) is 5.91 Å². The molecule has 3 aromatic rings. The second-order valence-electron chi connectivity index (χ2n) is 9.52. The zero-order valence-corrected chi connectivity index (χ0v) is 25.3. The van der Waals surface area contributed by atoms with Crippen LogP contribution in [-0.2, 0) is 9.59 Å². The predicted octanol–water partition coefficient (Wildman–Crippen LogP) is 5.53. The fourth-order valence-corrected chi connectivity index (χ4v) is 6.60. The first-order valence-corrected chi connectivity index (χ1v) is 15.0. The molecule has 10 heteroatoms. The molecule has 0 radical (unpaired) electrons. The molecule has 0 atom stereocenters. The molecule has 0 aromatic heterocycles. The molecule has 0 saturated carbocycles. The summed E-state index contributed by atoms with van der Waals surface area (Å²) in [7, 11) is 1.61. The van der Waals surface area contributed by atoms with Gasteiger partial charge in [-0.05, 0) is 70.0 Å². The molecule has 1 fully saturated rings. The minimum absolute atomic E-state index is 0.0391. The number of hydrogen-bond donors (Lipinski definition) is 1. The van der Waals surface area contributed by atoms with E-state index in [4.69, 9.17) is 16.3 Å². The highest BCUT2D eigenvalue weighted by Crippen LogP contribution is 2.42. The molecule has 7 nitrogen and oxygen atoms in total. The second kappa shape index (κ2) is 13.1. The van der Waals surface area contributed by atoms with E-state index in [2.05, 4.69) is 37.1 Å². The third kappa shape index (κ3) is 6.83. The van der Waals surface area contributed by atoms with Crippen LogP contribution >= 0.6 is 39.3 Å². The summed E-state index contributed by atoms with van der Waals surface area (Å²) in [5.41, 5.74) is 2.75. The number of nitrogens with zero attached hydrogens (tertiary/aromatic N) is 3. The molecule has 0 spiro atoms. The molecule has 1 N–H and O–H groups in total. The van der Waals surface area contributed by atoms with Crippen LogP contribution in [0.25, 0.3) is 6.08 Å². The molecule has 1 saturated heterocycles. The van der Waals surface area contributed by atoms with Crippen molar-refractivity contribution in [1.29, 1.82) is 0 Å². The van der Waals surface area contributed by atoms with Crippen molar-refractivity contribution < 1.29 is 14.3 Å². The first-order valence-electron chi connectivity index (χ1n) is 13.0. The summed E-state index contributed by atoms with van der Waals surface area (Å²) >= 11 is 11.1. The van der Waals surface area contributed by atoms with E-state index in [0.717, 1.165) is 69.8 Å². The molecule has 0 bridgehead atoms. The average molecular weight is 642 g/mol. The summed E-state index contributed by atoms with van der Waals surface area (Å²) in [4.78, 5) is 34.2. The quantitative estimate of drug-likeness (QED) is 0.327. The van der Waals surface area contributed by atoms with Crippen LogP contribution in [0.4, 0.5) is 11.4 Å². The third-order valence-electron chi connectivity index (χ3n) is 6.90. The largest absolute Gasteiger partial charge is 0.496 e. The van der Waals surface area contributed by atoms with Gasteiger partial charge in [-0.2, -0.15) is 0 Å². The van der Waals surface area contributed by atoms with E-state index in [1.54, 1.807) is 12.0 Å². The summed E-state index contributed by atoms with van der Waals surface area (Å²) in [6.45, 7) is 4.88. The minimum atomic E-state index is -0.192. The molecule has 0 aliphatic carbocycles. The van der Waals surface area contributed by atoms with Gasteiger partial charge in [0.1, 0.15) is 12.3 Å². The monoisotopic (exact) mass is 640 g/mol. The zero-order chi connectivity index (χ0) is 28.1. The number of anilines is 2. The van der Waals surface area contributed by atoms with E-state index >= 15 is 0 Å². The molecule has 40 heavy (non-hydrogen) atoms. The first kappa shape index (κ1) is 28.5. The number of carbonyl (C=O) groups excluding carboxylic acids is 2. The smallest absolute Gasteiger partial charge is 0.265 e. The number of piperazine rings is 1. The van der Waals surface area contributed by atoms with Gasteiger partial charge in [-0.3, -0.25) is 19.4 Å². The average Bonchev–Trinajstić information content (AvgIpc) is 2.96. The molecular weight excluding hydrogens is 612 g/mol. The van der Waals surface area contributed by atoms with Gasteiger partial charge in [0.2, 0.25) is 5.91 Å². The highest BCUT2D eigenvalue weighted by Gasteiger charge is 2.30. The number of amides is 2. The number of thioether (sulfide) groups is 1. The van der Waals surface area contributed by atoms with Gasteiger partial charge in [-0.25, -0.2) is 0 Å². The van der Waals surface area contributed by atoms with Gasteiger partial charge in [0.05, 0.1) is 22.2 Å². The van der Waals surface area contributed by atoms with Crippen molar-refractivity contribution >= 4 is 68.6 Å². The number of hydrogen-bond acceptors (Lipinski definition) is 6. The van der Waals surface area contributed by atoms with Crippen LogP contribution in [0.2, 0.25) is 5.02 Å². The number of rotatable bonds is 8. The van der Waals surface area contributed by atoms with Gasteiger partial charge < -0.3 is 15.0 Å². The highest BCUT2D eigenvalue weighted by atomic mass is 79.9. The SMILES string of the molecule is COc1ccc(C=C2Sc3ccccc3N(CC(=O)NCCN3CCN(c4cccc(Cl)c4)CC3)C2=O)cc1Br. The van der Waals surface area contributed by atoms with E-state index < -0.39 is 0 Å². The van der Waals surface area contributed by atoms with Crippen LogP contribution in [0.3, 0.4) is 0 Å². The van der Waals surface area contributed by atoms with E-state index in [1.807, 2.05) is 66.7 Å². The standard InChI is InChI=1S/C30H30BrClN4O3S/c1-39-26-10-9-21(17-24(26)31)18-28-30(38)36(25-7-2-3-8-27(25)40-28)20-29(37)33-11-12-34-13-15-35(16-14-34)23-6-4-5-22(32)19-23/h2-10,17-19H,11-16,20H2,1H3,(H,33,37). The van der Waals surface area contributed by atoms with Crippen LogP contribution in [0.1, 0.15) is 5.56 Å². The van der Waals surface area contributed by atoms with Crippen molar-refractivity contribution in [2.45, 2.75) is 4.90 Å². The summed E-state index contributed by atoms with van der Waals surface area (Å²) in [6, 6.07) is 21.3. The van der Waals surface area contributed by atoms with Gasteiger partial charge in [0.15, 0.2) is 0 Å². The van der Waals surface area contributed by atoms with Crippen LogP contribution in [0.15, 0.2) is 81.0 Å². The Labute approximate surface area is 252 Å². The normalized spacial score (nSPS) is 16.7. The molecule has 2 heterocycles. The van der Waals surface area contributed by atoms with E-state index in [0.29, 0.717) is 11.4 Å². The number of ether oxygens (including phenoxy) is 1. The van der Waals surface area contributed by atoms with Crippen LogP contribution in [0, 0.1) is 0 Å². The molecule has 0 unspecified atom stereocenters. The van der Waals surface area contributed by atoms with Crippen LogP contribution in [0.5, 0.6) is 5.75 Å². The van der Waals surface area contributed by atoms with Gasteiger partial charge in [-0.15, -0.1) is 0 Å². The lowest BCUT2D eigenvalue weighted by Crippen LogP contribution is -2.49. The lowest BCUT2D eigenvalue weighted by atomic mass is 10.2. The molecule has 3 aromatic carbocycles. The number of para-hydroxylation sites is 1. The van der Waals surface area contributed by atoms with Gasteiger partial charge >= 0.3 is 0 Å². The topological polar surface area (TPSA) is 65.1 Å². The van der Waals surface area contributed by atoms with Gasteiger partial charge in [-0.1, -0.05) is 47.6 Å². The maximum absolute atomic E-state index is 13.5. The highest BCUT2D eigenvalue weighted by molar-refractivity contribution is 9.10. The van der Waals surface area contributed by atoms with Gasteiger partial charge in [0, 0.05) is 54.9 Å². The third-order valence-corrected chi connectivity index (χ3v) is 8.84. The Morgan fingerprint density at radius 3 is 2.62 bits per heavy atom. The Kier molecular flexibility index (Phi) is 9.36. The fourth-order valence-electron chi connectivity index (χ4n) is 4.80. The number of methoxy groups -OCH3 is 1. The summed E-state index contributed by atoms with van der Waals surface area (Å²) < 4.78 is 6.12. The Morgan fingerprint density at radius 2 is 1.88 bits per heavy atom. The number of halogens is 2. The van der Waals surface area contributed by atoms with Crippen molar-refractivity contribution in [2.75, 3.05) is 62.7 Å². The fraction of sp³-hybridized carbons (Fsp3) is 0.267. The minimum Gasteiger partial charge on any atom is -0.496 e. The summed E-state index contributed by atoms with van der Waals surface area (Å²) in [6.07, 6.45) is 1.85. The molecule has 2 aliphatic rings. The second-order valence-corrected chi connectivity index (χ2v) is 11.9. The molecule has 2 aliphatic heterocycles. The summed E-state index contributed by atoms with van der Waals surface area (Å²) in [5, 5.41) is 3.75. The van der Waals surface area contributed by atoms with Crippen molar-refractivity contribution in [3.05, 3.63) is 86.7 Å². The Balaban J connectivity index is 1.18. The van der Waals surface area contributed by atoms with E-state index in [1.165, 1.54) is 11.8 Å². The number of nitrogens with one attached hydrogen (secondary N) is 1. The Morgan fingerprint density at radius 1 is 1.07 bits per heavy atom. The van der Waals surface area contributed by atoms with Crippen molar-refractivity contribution in [2.24, 2.45) is 0 Å². The van der Waals surface area contributed by atoms with Crippen molar-refractivity contribution in [3.8, 4) is 5.75 Å². The number of benzene rings is 3. The zero-order valence-electron chi connectivity index (χ0n) is 22.1. The lowest BCUT2D eigenvalue weighted by molar-refractivity contribution is -0.122. The van der Waals surface area contributed by atoms with E-state index in [9.17, 15) is 9.59 Å². The predicted molar refractivity (Wildman–Crippen MR) is 166 cm³/mol. The molecule has 208 valence electrons. The Hall–Kier alpha value is -2.98. The molecule has 5 rings (SSSR count). The first-order chi connectivity index (χ1) is 19.4. The van der Waals surface area contributed by atoms with Crippen LogP contribution in [-0.4, -0.2) is 69.6 Å². The Bertz CT molecular complexity index is 1430.